The molecule has 0 saturated carbocycles. The van der Waals surface area contributed by atoms with Crippen LogP contribution in [0.25, 0.3) is 0 Å². The quantitative estimate of drug-likeness (QED) is 0.722. The molecule has 0 radical (unpaired) electrons. The zero-order valence-corrected chi connectivity index (χ0v) is 13.4. The molecule has 1 fully saturated rings. The molecule has 0 aromatic carbocycles. The van der Waals surface area contributed by atoms with Crippen molar-refractivity contribution in [3.8, 4) is 0 Å². The first-order valence-electron chi connectivity index (χ1n) is 7.56. The van der Waals surface area contributed by atoms with E-state index in [1.165, 1.54) is 38.4 Å². The number of guanidine groups is 1. The predicted molar refractivity (Wildman–Crippen MR) is 83.7 cm³/mol. The summed E-state index contributed by atoms with van der Waals surface area (Å²) >= 11 is 0. The van der Waals surface area contributed by atoms with Gasteiger partial charge in [-0.3, -0.25) is 4.99 Å². The number of rotatable bonds is 2. The summed E-state index contributed by atoms with van der Waals surface area (Å²) in [6.07, 6.45) is 9.43. The van der Waals surface area contributed by atoms with Crippen molar-refractivity contribution in [1.29, 1.82) is 0 Å². The predicted octanol–water partition coefficient (Wildman–Crippen LogP) is 2.63. The lowest BCUT2D eigenvalue weighted by Gasteiger charge is -2.49. The van der Waals surface area contributed by atoms with Crippen LogP contribution in [0, 0.1) is 5.92 Å². The van der Waals surface area contributed by atoms with Gasteiger partial charge in [0.05, 0.1) is 0 Å². The standard InChI is InChI=1S/C15H25N3Si/c1-13-7-4-8-14(13)19(2,3)18-12-6-11-17-10-5-9-16-15(17)18/h4,7-8,13H,5-6,9-12H2,1-3H3. The van der Waals surface area contributed by atoms with E-state index in [0.717, 1.165) is 6.54 Å². The molecule has 0 amide bonds. The minimum atomic E-state index is -1.58. The molecule has 1 saturated heterocycles. The molecule has 3 nitrogen and oxygen atoms in total. The van der Waals surface area contributed by atoms with Crippen LogP contribution < -0.4 is 0 Å². The van der Waals surface area contributed by atoms with Gasteiger partial charge >= 0.3 is 0 Å². The normalized spacial score (nSPS) is 27.2. The number of fused-ring (bicyclic) bond motifs is 1. The van der Waals surface area contributed by atoms with E-state index in [4.69, 9.17) is 4.99 Å². The van der Waals surface area contributed by atoms with Gasteiger partial charge in [-0.1, -0.05) is 30.3 Å². The Bertz CT molecular complexity index is 450. The largest absolute Gasteiger partial charge is 0.366 e. The van der Waals surface area contributed by atoms with E-state index < -0.39 is 8.24 Å². The Morgan fingerprint density at radius 2 is 2.00 bits per heavy atom. The third-order valence-electron chi connectivity index (χ3n) is 4.72. The molecular weight excluding hydrogens is 250 g/mol. The smallest absolute Gasteiger partial charge is 0.188 e. The van der Waals surface area contributed by atoms with Gasteiger partial charge in [0.1, 0.15) is 0 Å². The fourth-order valence-electron chi connectivity index (χ4n) is 3.66. The SMILES string of the molecule is CC1C=CC=C1[Si](C)(C)N1CCCN2CCCN=C21. The molecule has 0 bridgehead atoms. The van der Waals surface area contributed by atoms with Crippen LogP contribution in [-0.2, 0) is 0 Å². The topological polar surface area (TPSA) is 18.8 Å². The molecule has 1 unspecified atom stereocenters. The van der Waals surface area contributed by atoms with Crippen LogP contribution in [0.15, 0.2) is 28.4 Å². The molecule has 1 atom stereocenters. The number of nitrogens with zero attached hydrogens (tertiary/aromatic N) is 3. The molecule has 19 heavy (non-hydrogen) atoms. The van der Waals surface area contributed by atoms with Gasteiger partial charge in [0, 0.05) is 26.2 Å². The number of allylic oxidation sites excluding steroid dienone is 4. The van der Waals surface area contributed by atoms with E-state index in [0.29, 0.717) is 5.92 Å². The van der Waals surface area contributed by atoms with Gasteiger partial charge < -0.3 is 9.47 Å². The van der Waals surface area contributed by atoms with Crippen LogP contribution in [0.3, 0.4) is 0 Å². The van der Waals surface area contributed by atoms with Crippen LogP contribution in [0.5, 0.6) is 0 Å². The summed E-state index contributed by atoms with van der Waals surface area (Å²) in [6.45, 7) is 11.9. The average Bonchev–Trinajstić information content (AvgIpc) is 2.85. The Morgan fingerprint density at radius 3 is 2.74 bits per heavy atom. The Kier molecular flexibility index (Phi) is 3.29. The fourth-order valence-corrected chi connectivity index (χ4v) is 7.11. The summed E-state index contributed by atoms with van der Waals surface area (Å²) in [7, 11) is -1.58. The van der Waals surface area contributed by atoms with Crippen molar-refractivity contribution in [3.63, 3.8) is 0 Å². The average molecular weight is 275 g/mol. The summed E-state index contributed by atoms with van der Waals surface area (Å²) in [6, 6.07) is 0. The maximum absolute atomic E-state index is 4.85. The third kappa shape index (κ3) is 2.16. The molecule has 1 aliphatic carbocycles. The zero-order valence-electron chi connectivity index (χ0n) is 12.4. The molecule has 104 valence electrons. The molecule has 4 heteroatoms. The van der Waals surface area contributed by atoms with E-state index in [1.54, 1.807) is 5.20 Å². The molecule has 2 heterocycles. The maximum atomic E-state index is 4.85. The van der Waals surface area contributed by atoms with Crippen molar-refractivity contribution in [2.45, 2.75) is 32.9 Å². The van der Waals surface area contributed by atoms with Gasteiger partial charge in [-0.05, 0) is 31.9 Å². The fraction of sp³-hybridized carbons (Fsp3) is 0.667. The van der Waals surface area contributed by atoms with Gasteiger partial charge in [-0.2, -0.15) is 0 Å². The van der Waals surface area contributed by atoms with Crippen LogP contribution in [0.1, 0.15) is 19.8 Å². The van der Waals surface area contributed by atoms with Crippen LogP contribution >= 0.6 is 0 Å². The highest BCUT2D eigenvalue weighted by Gasteiger charge is 2.41. The second-order valence-corrected chi connectivity index (χ2v) is 10.6. The minimum Gasteiger partial charge on any atom is -0.366 e. The lowest BCUT2D eigenvalue weighted by Crippen LogP contribution is -2.63. The molecule has 0 spiro atoms. The van der Waals surface area contributed by atoms with Gasteiger partial charge in [0.2, 0.25) is 0 Å². The van der Waals surface area contributed by atoms with Crippen molar-refractivity contribution >= 4 is 14.2 Å². The first-order valence-corrected chi connectivity index (χ1v) is 10.5. The zero-order chi connectivity index (χ0) is 13.5. The van der Waals surface area contributed by atoms with E-state index in [9.17, 15) is 0 Å². The highest BCUT2D eigenvalue weighted by molar-refractivity contribution is 6.83. The highest BCUT2D eigenvalue weighted by atomic mass is 28.3. The van der Waals surface area contributed by atoms with Crippen LogP contribution in [-0.4, -0.2) is 49.8 Å². The summed E-state index contributed by atoms with van der Waals surface area (Å²) in [4.78, 5) is 7.36. The maximum Gasteiger partial charge on any atom is 0.188 e. The summed E-state index contributed by atoms with van der Waals surface area (Å²) in [5.74, 6) is 1.91. The number of hydrogen-bond donors (Lipinski definition) is 0. The van der Waals surface area contributed by atoms with Crippen molar-refractivity contribution in [2.75, 3.05) is 26.2 Å². The monoisotopic (exact) mass is 275 g/mol. The van der Waals surface area contributed by atoms with Gasteiger partial charge in [0.15, 0.2) is 14.2 Å². The molecular formula is C15H25N3Si. The van der Waals surface area contributed by atoms with Gasteiger partial charge in [-0.25, -0.2) is 0 Å². The lowest BCUT2D eigenvalue weighted by atomic mass is 10.2. The first-order chi connectivity index (χ1) is 9.10. The molecule has 0 aromatic heterocycles. The Hall–Kier alpha value is -1.03. The molecule has 0 N–H and O–H groups in total. The van der Waals surface area contributed by atoms with E-state index >= 15 is 0 Å². The molecule has 2 aliphatic heterocycles. The second-order valence-electron chi connectivity index (χ2n) is 6.38. The molecule has 3 aliphatic rings. The van der Waals surface area contributed by atoms with Crippen molar-refractivity contribution in [1.82, 2.24) is 9.47 Å². The Balaban J connectivity index is 1.89. The van der Waals surface area contributed by atoms with Crippen LogP contribution in [0.2, 0.25) is 13.1 Å². The Morgan fingerprint density at radius 1 is 1.21 bits per heavy atom. The highest BCUT2D eigenvalue weighted by Crippen LogP contribution is 2.33. The number of hydrogen-bond acceptors (Lipinski definition) is 3. The Labute approximate surface area is 117 Å². The summed E-state index contributed by atoms with van der Waals surface area (Å²) in [5.41, 5.74) is 0. The third-order valence-corrected chi connectivity index (χ3v) is 8.53. The van der Waals surface area contributed by atoms with Crippen molar-refractivity contribution < 1.29 is 0 Å². The first kappa shape index (κ1) is 13.0. The van der Waals surface area contributed by atoms with Gasteiger partial charge in [-0.15, -0.1) is 0 Å². The van der Waals surface area contributed by atoms with Crippen molar-refractivity contribution in [2.24, 2.45) is 10.9 Å². The summed E-state index contributed by atoms with van der Waals surface area (Å²) in [5, 5.41) is 1.66. The van der Waals surface area contributed by atoms with Crippen molar-refractivity contribution in [3.05, 3.63) is 23.4 Å². The number of aliphatic imine (C=N–C) groups is 1. The van der Waals surface area contributed by atoms with Crippen LogP contribution in [0.4, 0.5) is 0 Å². The minimum absolute atomic E-state index is 0.612. The molecule has 3 rings (SSSR count). The molecule has 0 aromatic rings. The van der Waals surface area contributed by atoms with E-state index in [-0.39, 0.29) is 0 Å². The second kappa shape index (κ2) is 4.82. The van der Waals surface area contributed by atoms with E-state index in [2.05, 4.69) is 47.7 Å². The lowest BCUT2D eigenvalue weighted by molar-refractivity contribution is 0.297. The summed E-state index contributed by atoms with van der Waals surface area (Å²) < 4.78 is 2.67. The van der Waals surface area contributed by atoms with Gasteiger partial charge in [0.25, 0.3) is 0 Å². The van der Waals surface area contributed by atoms with E-state index in [1.807, 2.05) is 0 Å².